The van der Waals surface area contributed by atoms with Gasteiger partial charge in [0.1, 0.15) is 5.75 Å². The van der Waals surface area contributed by atoms with E-state index < -0.39 is 22.2 Å². The molecule has 1 saturated heterocycles. The second kappa shape index (κ2) is 14.0. The van der Waals surface area contributed by atoms with E-state index >= 15 is 0 Å². The summed E-state index contributed by atoms with van der Waals surface area (Å²) in [6, 6.07) is 19.3. The lowest BCUT2D eigenvalue weighted by Crippen LogP contribution is -2.43. The average Bonchev–Trinajstić information content (AvgIpc) is 2.96. The number of piperazine rings is 1. The summed E-state index contributed by atoms with van der Waals surface area (Å²) in [5, 5.41) is 13.3. The standard InChI is InChI=1S/C26H30N4O4S.C2HF3O2/c1-19-5-3-6-20(15-19)18-28-26(31)21-9-10-25(30-13-11-27-12-14-30)24(16-21)29-35(32,33)23-8-4-7-22(17-23)34-2;3-2(4,5)1(6)7/h3-10,15-17,27,29H,11-14,18H2,1-2H3,(H,28,31);(H,6,7). The summed E-state index contributed by atoms with van der Waals surface area (Å²) in [6.07, 6.45) is -5.08. The van der Waals surface area contributed by atoms with Crippen LogP contribution in [0.15, 0.2) is 71.6 Å². The lowest BCUT2D eigenvalue weighted by atomic mass is 10.1. The maximum absolute atomic E-state index is 13.2. The first-order valence-corrected chi connectivity index (χ1v) is 14.2. The van der Waals surface area contributed by atoms with Crippen LogP contribution in [0.5, 0.6) is 5.75 Å². The molecular formula is C28H31F3N4O6S. The predicted molar refractivity (Wildman–Crippen MR) is 151 cm³/mol. The molecule has 226 valence electrons. The highest BCUT2D eigenvalue weighted by molar-refractivity contribution is 7.92. The summed E-state index contributed by atoms with van der Waals surface area (Å²) in [5.41, 5.74) is 3.58. The third-order valence-electron chi connectivity index (χ3n) is 6.09. The highest BCUT2D eigenvalue weighted by atomic mass is 32.2. The van der Waals surface area contributed by atoms with E-state index in [0.717, 1.165) is 43.0 Å². The summed E-state index contributed by atoms with van der Waals surface area (Å²) in [7, 11) is -2.43. The molecule has 0 aromatic heterocycles. The van der Waals surface area contributed by atoms with Gasteiger partial charge in [0.15, 0.2) is 0 Å². The number of amides is 1. The zero-order valence-electron chi connectivity index (χ0n) is 22.9. The molecule has 0 atom stereocenters. The average molecular weight is 609 g/mol. The van der Waals surface area contributed by atoms with Gasteiger partial charge >= 0.3 is 12.1 Å². The van der Waals surface area contributed by atoms with Crippen molar-refractivity contribution in [1.29, 1.82) is 0 Å². The highest BCUT2D eigenvalue weighted by Crippen LogP contribution is 2.30. The van der Waals surface area contributed by atoms with E-state index in [2.05, 4.69) is 20.3 Å². The zero-order valence-corrected chi connectivity index (χ0v) is 23.7. The van der Waals surface area contributed by atoms with Crippen LogP contribution in [-0.2, 0) is 21.4 Å². The first-order chi connectivity index (χ1) is 19.8. The zero-order chi connectivity index (χ0) is 30.9. The van der Waals surface area contributed by atoms with Crippen LogP contribution >= 0.6 is 0 Å². The van der Waals surface area contributed by atoms with Crippen molar-refractivity contribution in [2.45, 2.75) is 24.5 Å². The van der Waals surface area contributed by atoms with E-state index in [-0.39, 0.29) is 10.8 Å². The molecule has 0 saturated carbocycles. The van der Waals surface area contributed by atoms with Gasteiger partial charge in [-0.1, -0.05) is 35.9 Å². The Balaban J connectivity index is 0.000000616. The minimum Gasteiger partial charge on any atom is -0.497 e. The van der Waals surface area contributed by atoms with Gasteiger partial charge in [-0.2, -0.15) is 13.2 Å². The SMILES string of the molecule is COc1cccc(S(=O)(=O)Nc2cc(C(=O)NCc3cccc(C)c3)ccc2N2CCNCC2)c1.O=C(O)C(F)(F)F. The van der Waals surface area contributed by atoms with Crippen LogP contribution in [0.2, 0.25) is 0 Å². The minimum absolute atomic E-state index is 0.0809. The number of alkyl halides is 3. The van der Waals surface area contributed by atoms with Crippen LogP contribution in [0.4, 0.5) is 24.5 Å². The quantitative estimate of drug-likeness (QED) is 0.303. The van der Waals surface area contributed by atoms with Gasteiger partial charge < -0.3 is 25.4 Å². The number of sulfonamides is 1. The lowest BCUT2D eigenvalue weighted by molar-refractivity contribution is -0.192. The molecule has 1 heterocycles. The van der Waals surface area contributed by atoms with Crippen LogP contribution < -0.4 is 25.0 Å². The summed E-state index contributed by atoms with van der Waals surface area (Å²) in [6.45, 7) is 5.42. The number of methoxy groups -OCH3 is 1. The van der Waals surface area contributed by atoms with Crippen molar-refractivity contribution in [2.24, 2.45) is 0 Å². The largest absolute Gasteiger partial charge is 0.497 e. The fourth-order valence-corrected chi connectivity index (χ4v) is 5.12. The summed E-state index contributed by atoms with van der Waals surface area (Å²) in [5.74, 6) is -2.59. The lowest BCUT2D eigenvalue weighted by Gasteiger charge is -2.31. The molecule has 1 amide bonds. The Labute approximate surface area is 241 Å². The number of nitrogens with one attached hydrogen (secondary N) is 3. The number of halogens is 3. The molecule has 0 radical (unpaired) electrons. The Bertz CT molecular complexity index is 1510. The molecule has 1 aliphatic rings. The van der Waals surface area contributed by atoms with Crippen molar-refractivity contribution in [3.8, 4) is 5.75 Å². The topological polar surface area (TPSA) is 137 Å². The molecule has 1 fully saturated rings. The van der Waals surface area contributed by atoms with E-state index in [1.54, 1.807) is 30.3 Å². The second-order valence-electron chi connectivity index (χ2n) is 9.23. The Hall–Kier alpha value is -4.30. The maximum atomic E-state index is 13.2. The first-order valence-electron chi connectivity index (χ1n) is 12.7. The van der Waals surface area contributed by atoms with Crippen molar-refractivity contribution in [3.63, 3.8) is 0 Å². The molecule has 3 aromatic rings. The van der Waals surface area contributed by atoms with Crippen LogP contribution in [0.3, 0.4) is 0 Å². The van der Waals surface area contributed by atoms with Gasteiger partial charge in [-0.3, -0.25) is 9.52 Å². The van der Waals surface area contributed by atoms with Crippen molar-refractivity contribution < 1.29 is 41.0 Å². The van der Waals surface area contributed by atoms with Gasteiger partial charge in [-0.15, -0.1) is 0 Å². The fraction of sp³-hybridized carbons (Fsp3) is 0.286. The number of ether oxygens (including phenoxy) is 1. The molecule has 0 bridgehead atoms. The number of benzene rings is 3. The minimum atomic E-state index is -5.08. The maximum Gasteiger partial charge on any atom is 0.490 e. The van der Waals surface area contributed by atoms with E-state index in [0.29, 0.717) is 23.5 Å². The number of hydrogen-bond donors (Lipinski definition) is 4. The van der Waals surface area contributed by atoms with E-state index in [4.69, 9.17) is 14.6 Å². The number of carbonyl (C=O) groups excluding carboxylic acids is 1. The van der Waals surface area contributed by atoms with Gasteiger partial charge in [0.25, 0.3) is 15.9 Å². The molecular weight excluding hydrogens is 577 g/mol. The molecule has 10 nitrogen and oxygen atoms in total. The van der Waals surface area contributed by atoms with Crippen molar-refractivity contribution in [2.75, 3.05) is 42.9 Å². The summed E-state index contributed by atoms with van der Waals surface area (Å²) in [4.78, 5) is 24.0. The van der Waals surface area contributed by atoms with Gasteiger partial charge in [-0.05, 0) is 42.8 Å². The van der Waals surface area contributed by atoms with Crippen LogP contribution in [0.25, 0.3) is 0 Å². The second-order valence-corrected chi connectivity index (χ2v) is 10.9. The molecule has 4 N–H and O–H groups in total. The monoisotopic (exact) mass is 608 g/mol. The van der Waals surface area contributed by atoms with Crippen LogP contribution in [0, 0.1) is 6.92 Å². The van der Waals surface area contributed by atoms with Crippen LogP contribution in [0.1, 0.15) is 21.5 Å². The fourth-order valence-electron chi connectivity index (χ4n) is 4.02. The molecule has 42 heavy (non-hydrogen) atoms. The molecule has 0 unspecified atom stereocenters. The molecule has 0 aliphatic carbocycles. The van der Waals surface area contributed by atoms with Crippen molar-refractivity contribution >= 4 is 33.3 Å². The first kappa shape index (κ1) is 32.2. The molecule has 3 aromatic carbocycles. The van der Waals surface area contributed by atoms with Crippen molar-refractivity contribution in [1.82, 2.24) is 10.6 Å². The number of hydrogen-bond acceptors (Lipinski definition) is 7. The van der Waals surface area contributed by atoms with Crippen LogP contribution in [-0.4, -0.2) is 64.9 Å². The number of carboxylic acid groups (broad SMARTS) is 1. The Morgan fingerprint density at radius 1 is 1.02 bits per heavy atom. The van der Waals surface area contributed by atoms with Gasteiger partial charge in [-0.25, -0.2) is 13.2 Å². The molecule has 14 heteroatoms. The number of carbonyl (C=O) groups is 2. The molecule has 1 aliphatic heterocycles. The summed E-state index contributed by atoms with van der Waals surface area (Å²) < 4.78 is 66.1. The van der Waals surface area contributed by atoms with Gasteiger partial charge in [0.05, 0.1) is 23.4 Å². The molecule has 0 spiro atoms. The number of nitrogens with zero attached hydrogens (tertiary/aromatic N) is 1. The van der Waals surface area contributed by atoms with Gasteiger partial charge in [0, 0.05) is 44.4 Å². The number of carboxylic acids is 1. The smallest absolute Gasteiger partial charge is 0.490 e. The van der Waals surface area contributed by atoms with Crippen molar-refractivity contribution in [3.05, 3.63) is 83.4 Å². The number of aliphatic carboxylic acids is 1. The number of anilines is 2. The third-order valence-corrected chi connectivity index (χ3v) is 7.45. The number of aryl methyl sites for hydroxylation is 1. The van der Waals surface area contributed by atoms with E-state index in [9.17, 15) is 26.4 Å². The highest BCUT2D eigenvalue weighted by Gasteiger charge is 2.38. The number of rotatable bonds is 8. The summed E-state index contributed by atoms with van der Waals surface area (Å²) >= 11 is 0. The third kappa shape index (κ3) is 9.11. The van der Waals surface area contributed by atoms with E-state index in [1.807, 2.05) is 31.2 Å². The Morgan fingerprint density at radius 3 is 2.31 bits per heavy atom. The Kier molecular flexibility index (Phi) is 10.8. The Morgan fingerprint density at radius 2 is 1.69 bits per heavy atom. The predicted octanol–water partition coefficient (Wildman–Crippen LogP) is 3.78. The molecule has 4 rings (SSSR count). The van der Waals surface area contributed by atoms with E-state index in [1.165, 1.54) is 19.2 Å². The van der Waals surface area contributed by atoms with Gasteiger partial charge in [0.2, 0.25) is 0 Å². The normalized spacial score (nSPS) is 13.4.